The van der Waals surface area contributed by atoms with E-state index in [1.807, 2.05) is 13.8 Å². The first-order chi connectivity index (χ1) is 9.19. The van der Waals surface area contributed by atoms with Gasteiger partial charge in [0.1, 0.15) is 11.8 Å². The first-order valence-electron chi connectivity index (χ1n) is 7.14. The molecule has 0 aromatic heterocycles. The van der Waals surface area contributed by atoms with Crippen molar-refractivity contribution in [2.24, 2.45) is 16.9 Å². The normalized spacial score (nSPS) is 14.8. The van der Waals surface area contributed by atoms with E-state index in [1.165, 1.54) is 0 Å². The zero-order chi connectivity index (χ0) is 15.8. The predicted molar refractivity (Wildman–Crippen MR) is 79.4 cm³/mol. The summed E-state index contributed by atoms with van der Waals surface area (Å²) in [5.74, 6) is -0.822. The van der Waals surface area contributed by atoms with Gasteiger partial charge in [-0.1, -0.05) is 13.8 Å². The van der Waals surface area contributed by atoms with Crippen molar-refractivity contribution in [3.63, 3.8) is 0 Å². The van der Waals surface area contributed by atoms with Crippen molar-refractivity contribution in [3.05, 3.63) is 0 Å². The molecule has 0 fully saturated rings. The maximum absolute atomic E-state index is 12.0. The molecule has 0 aromatic rings. The third-order valence-electron chi connectivity index (χ3n) is 3.41. The number of hydrogen-bond acceptors (Lipinski definition) is 5. The summed E-state index contributed by atoms with van der Waals surface area (Å²) in [6.07, 6.45) is 2.51. The molecule has 0 amide bonds. The average Bonchev–Trinajstić information content (AvgIpc) is 2.34. The molecule has 0 saturated heterocycles. The molecule has 0 aromatic carbocycles. The Labute approximate surface area is 121 Å². The van der Waals surface area contributed by atoms with Gasteiger partial charge in [-0.3, -0.25) is 9.59 Å². The number of nitrogens with two attached hydrogens (primary N) is 2. The molecule has 0 saturated carbocycles. The van der Waals surface area contributed by atoms with Crippen molar-refractivity contribution in [2.45, 2.75) is 58.5 Å². The molecule has 6 heteroatoms. The number of carboxylic acids is 1. The van der Waals surface area contributed by atoms with Crippen LogP contribution < -0.4 is 16.8 Å². The van der Waals surface area contributed by atoms with E-state index in [9.17, 15) is 9.59 Å². The predicted octanol–water partition coefficient (Wildman–Crippen LogP) is 0.491. The number of hydrogen-bond donors (Lipinski definition) is 4. The monoisotopic (exact) mass is 287 g/mol. The van der Waals surface area contributed by atoms with Crippen molar-refractivity contribution in [1.29, 1.82) is 0 Å². The van der Waals surface area contributed by atoms with Crippen LogP contribution in [0.2, 0.25) is 0 Å². The van der Waals surface area contributed by atoms with Crippen molar-refractivity contribution >= 4 is 11.8 Å². The van der Waals surface area contributed by atoms with Gasteiger partial charge in [-0.25, -0.2) is 0 Å². The fourth-order valence-electron chi connectivity index (χ4n) is 1.90. The van der Waals surface area contributed by atoms with Crippen molar-refractivity contribution in [1.82, 2.24) is 5.32 Å². The quantitative estimate of drug-likeness (QED) is 0.439. The van der Waals surface area contributed by atoms with Gasteiger partial charge in [0.25, 0.3) is 0 Å². The summed E-state index contributed by atoms with van der Waals surface area (Å²) in [6.45, 7) is 6.69. The van der Waals surface area contributed by atoms with Crippen LogP contribution in [-0.4, -0.2) is 42.0 Å². The van der Waals surface area contributed by atoms with Crippen molar-refractivity contribution < 1.29 is 14.7 Å². The molecule has 0 heterocycles. The summed E-state index contributed by atoms with van der Waals surface area (Å²) in [5, 5.41) is 11.7. The first-order valence-corrected chi connectivity index (χ1v) is 7.14. The van der Waals surface area contributed by atoms with E-state index >= 15 is 0 Å². The van der Waals surface area contributed by atoms with Gasteiger partial charge in [0.05, 0.1) is 6.04 Å². The molecule has 0 radical (unpaired) electrons. The third kappa shape index (κ3) is 8.24. The minimum absolute atomic E-state index is 0.0507. The molecule has 0 rings (SSSR count). The van der Waals surface area contributed by atoms with Crippen LogP contribution in [0.25, 0.3) is 0 Å². The highest BCUT2D eigenvalue weighted by atomic mass is 16.4. The molecule has 118 valence electrons. The van der Waals surface area contributed by atoms with Crippen LogP contribution >= 0.6 is 0 Å². The van der Waals surface area contributed by atoms with Crippen LogP contribution in [0.4, 0.5) is 0 Å². The average molecular weight is 287 g/mol. The van der Waals surface area contributed by atoms with Crippen LogP contribution in [0.3, 0.4) is 0 Å². The maximum atomic E-state index is 12.0. The van der Waals surface area contributed by atoms with E-state index < -0.39 is 18.1 Å². The van der Waals surface area contributed by atoms with E-state index in [4.69, 9.17) is 16.6 Å². The zero-order valence-corrected chi connectivity index (χ0v) is 12.8. The largest absolute Gasteiger partial charge is 0.480 e. The maximum Gasteiger partial charge on any atom is 0.320 e. The molecule has 2 atom stereocenters. The Bertz CT molecular complexity index is 319. The minimum Gasteiger partial charge on any atom is -0.480 e. The molecule has 6 N–H and O–H groups in total. The second-order valence-electron chi connectivity index (χ2n) is 6.11. The molecular formula is C14H29N3O3. The molecule has 0 aliphatic carbocycles. The molecule has 0 spiro atoms. The third-order valence-corrected chi connectivity index (χ3v) is 3.41. The topological polar surface area (TPSA) is 118 Å². The number of Topliss-reactive ketones (excluding diaryl/α,β-unsaturated/α-hetero) is 1. The van der Waals surface area contributed by atoms with Crippen LogP contribution in [0.15, 0.2) is 0 Å². The summed E-state index contributed by atoms with van der Waals surface area (Å²) < 4.78 is 0. The molecule has 0 bridgehead atoms. The van der Waals surface area contributed by atoms with Crippen LogP contribution in [0.1, 0.15) is 46.5 Å². The van der Waals surface area contributed by atoms with Gasteiger partial charge in [0, 0.05) is 6.42 Å². The Kier molecular flexibility index (Phi) is 8.60. The van der Waals surface area contributed by atoms with Crippen LogP contribution in [0, 0.1) is 5.41 Å². The van der Waals surface area contributed by atoms with Gasteiger partial charge < -0.3 is 21.9 Å². The Morgan fingerprint density at radius 1 is 1.35 bits per heavy atom. The van der Waals surface area contributed by atoms with E-state index in [1.54, 1.807) is 6.92 Å². The number of nitrogens with one attached hydrogen (secondary N) is 1. The summed E-state index contributed by atoms with van der Waals surface area (Å²) in [6, 6.07) is -1.02. The summed E-state index contributed by atoms with van der Waals surface area (Å²) >= 11 is 0. The molecular weight excluding hydrogens is 258 g/mol. The second-order valence-corrected chi connectivity index (χ2v) is 6.11. The number of carboxylic acid groups (broad SMARTS) is 1. The van der Waals surface area contributed by atoms with Gasteiger partial charge in [0.15, 0.2) is 0 Å². The van der Waals surface area contributed by atoms with E-state index in [0.717, 1.165) is 12.8 Å². The lowest BCUT2D eigenvalue weighted by molar-refractivity contribution is -0.139. The first kappa shape index (κ1) is 19.0. The van der Waals surface area contributed by atoms with E-state index in [-0.39, 0.29) is 11.2 Å². The lowest BCUT2D eigenvalue weighted by Gasteiger charge is -2.26. The van der Waals surface area contributed by atoms with Crippen molar-refractivity contribution in [3.8, 4) is 0 Å². The molecule has 0 unspecified atom stereocenters. The lowest BCUT2D eigenvalue weighted by atomic mass is 9.82. The minimum atomic E-state index is -0.873. The zero-order valence-electron chi connectivity index (χ0n) is 12.8. The summed E-state index contributed by atoms with van der Waals surface area (Å²) in [7, 11) is 0. The van der Waals surface area contributed by atoms with E-state index in [0.29, 0.717) is 25.9 Å². The number of rotatable bonds is 11. The molecule has 6 nitrogen and oxygen atoms in total. The smallest absolute Gasteiger partial charge is 0.320 e. The lowest BCUT2D eigenvalue weighted by Crippen LogP contribution is -2.38. The number of ketones is 1. The number of carbonyl (C=O) groups excluding carboxylic acids is 1. The van der Waals surface area contributed by atoms with Gasteiger partial charge in [-0.05, 0) is 44.7 Å². The van der Waals surface area contributed by atoms with Crippen LogP contribution in [-0.2, 0) is 9.59 Å². The second kappa shape index (κ2) is 9.05. The van der Waals surface area contributed by atoms with Gasteiger partial charge in [0.2, 0.25) is 0 Å². The molecule has 20 heavy (non-hydrogen) atoms. The Morgan fingerprint density at radius 2 is 1.95 bits per heavy atom. The Hall–Kier alpha value is -0.980. The summed E-state index contributed by atoms with van der Waals surface area (Å²) in [4.78, 5) is 22.7. The highest BCUT2D eigenvalue weighted by Gasteiger charge is 2.25. The summed E-state index contributed by atoms with van der Waals surface area (Å²) in [5.41, 5.74) is 11.0. The van der Waals surface area contributed by atoms with Gasteiger partial charge >= 0.3 is 5.97 Å². The van der Waals surface area contributed by atoms with Crippen molar-refractivity contribution in [2.75, 3.05) is 13.1 Å². The van der Waals surface area contributed by atoms with Gasteiger partial charge in [-0.2, -0.15) is 0 Å². The standard InChI is InChI=1S/C14H29N3O3/c1-10(13(19)20)17-8-6-14(2,3)9-12(18)11(16)5-4-7-15/h10-11,17H,4-9,15-16H2,1-3H3,(H,19,20)/t10-,11+/m0/s1. The highest BCUT2D eigenvalue weighted by Crippen LogP contribution is 2.25. The number of aliphatic carboxylic acids is 1. The number of carbonyl (C=O) groups is 2. The van der Waals surface area contributed by atoms with Gasteiger partial charge in [-0.15, -0.1) is 0 Å². The molecule has 0 aliphatic rings. The Morgan fingerprint density at radius 3 is 2.45 bits per heavy atom. The molecule has 0 aliphatic heterocycles. The van der Waals surface area contributed by atoms with E-state index in [2.05, 4.69) is 5.32 Å². The SMILES string of the molecule is C[C@H](NCCC(C)(C)CC(=O)[C@H](N)CCCN)C(=O)O. The fraction of sp³-hybridized carbons (Fsp3) is 0.857. The van der Waals surface area contributed by atoms with Crippen LogP contribution in [0.5, 0.6) is 0 Å². The highest BCUT2D eigenvalue weighted by molar-refractivity contribution is 5.84. The fourth-order valence-corrected chi connectivity index (χ4v) is 1.90. The Balaban J connectivity index is 4.10.